The van der Waals surface area contributed by atoms with Crippen LogP contribution in [0.5, 0.6) is 0 Å². The largest absolute Gasteiger partial charge is 0.319 e. The Bertz CT molecular complexity index is 979. The second kappa shape index (κ2) is 6.92. The summed E-state index contributed by atoms with van der Waals surface area (Å²) in [5, 5.41) is 23.5. The van der Waals surface area contributed by atoms with Crippen molar-refractivity contribution in [3.8, 4) is 0 Å². The first-order valence-corrected chi connectivity index (χ1v) is 7.71. The molecule has 0 atom stereocenters. The van der Waals surface area contributed by atoms with E-state index in [0.29, 0.717) is 5.69 Å². The topological polar surface area (TPSA) is 119 Å². The number of halogens is 2. The van der Waals surface area contributed by atoms with E-state index in [1.807, 2.05) is 0 Å². The van der Waals surface area contributed by atoms with Gasteiger partial charge in [-0.3, -0.25) is 24.7 Å². The summed E-state index contributed by atoms with van der Waals surface area (Å²) >= 11 is 6.01. The Kier molecular flexibility index (Phi) is 4.67. The Labute approximate surface area is 150 Å². The van der Waals surface area contributed by atoms with E-state index in [2.05, 4.69) is 20.6 Å². The summed E-state index contributed by atoms with van der Waals surface area (Å²) in [6, 6.07) is 5.91. The van der Waals surface area contributed by atoms with E-state index >= 15 is 0 Å². The number of carbonyl (C=O) groups excluding carboxylic acids is 1. The van der Waals surface area contributed by atoms with Gasteiger partial charge >= 0.3 is 5.69 Å². The number of carbonyl (C=O) groups is 1. The van der Waals surface area contributed by atoms with Crippen LogP contribution in [-0.4, -0.2) is 30.8 Å². The van der Waals surface area contributed by atoms with Gasteiger partial charge in [0.15, 0.2) is 5.82 Å². The van der Waals surface area contributed by atoms with Crippen molar-refractivity contribution in [3.63, 3.8) is 0 Å². The average Bonchev–Trinajstić information content (AvgIpc) is 3.18. The molecule has 0 bridgehead atoms. The highest BCUT2D eigenvalue weighted by Gasteiger charge is 2.23. The van der Waals surface area contributed by atoms with E-state index in [1.54, 1.807) is 19.1 Å². The van der Waals surface area contributed by atoms with Crippen molar-refractivity contribution in [1.82, 2.24) is 20.0 Å². The molecule has 0 aliphatic carbocycles. The number of rotatable bonds is 5. The fraction of sp³-hybridized carbons (Fsp3) is 0.133. The van der Waals surface area contributed by atoms with Crippen LogP contribution in [0.25, 0.3) is 0 Å². The standard InChI is InChI=1S/C15H12ClFN6O3/c1-8-5-13(19-15(24)14-12(23(25)26)6-18-20-14)21-22(8)7-9-10(16)3-2-4-11(9)17/h2-6H,7H2,1H3,(H,18,20)(H,19,21,24). The van der Waals surface area contributed by atoms with Crippen molar-refractivity contribution in [2.24, 2.45) is 0 Å². The lowest BCUT2D eigenvalue weighted by Gasteiger charge is -2.07. The van der Waals surface area contributed by atoms with Crippen LogP contribution in [0.15, 0.2) is 30.5 Å². The molecule has 134 valence electrons. The van der Waals surface area contributed by atoms with Gasteiger partial charge in [-0.25, -0.2) is 4.39 Å². The van der Waals surface area contributed by atoms with E-state index in [0.717, 1.165) is 6.20 Å². The number of benzene rings is 1. The lowest BCUT2D eigenvalue weighted by atomic mass is 10.2. The quantitative estimate of drug-likeness (QED) is 0.522. The number of anilines is 1. The number of nitrogens with one attached hydrogen (secondary N) is 2. The SMILES string of the molecule is Cc1cc(NC(=O)c2[nH]ncc2[N+](=O)[O-])nn1Cc1c(F)cccc1Cl. The van der Waals surface area contributed by atoms with Crippen molar-refractivity contribution in [1.29, 1.82) is 0 Å². The molecule has 0 radical (unpaired) electrons. The van der Waals surface area contributed by atoms with E-state index in [4.69, 9.17) is 11.6 Å². The maximum Gasteiger partial charge on any atom is 0.319 e. The van der Waals surface area contributed by atoms with E-state index in [-0.39, 0.29) is 28.6 Å². The normalized spacial score (nSPS) is 10.7. The van der Waals surface area contributed by atoms with Gasteiger partial charge in [0, 0.05) is 22.3 Å². The van der Waals surface area contributed by atoms with Crippen LogP contribution >= 0.6 is 11.6 Å². The van der Waals surface area contributed by atoms with Crippen molar-refractivity contribution in [2.75, 3.05) is 5.32 Å². The molecule has 2 heterocycles. The first-order chi connectivity index (χ1) is 12.4. The number of nitro groups is 1. The van der Waals surface area contributed by atoms with Crippen LogP contribution < -0.4 is 5.32 Å². The number of aromatic amines is 1. The van der Waals surface area contributed by atoms with Crippen molar-refractivity contribution >= 4 is 29.0 Å². The zero-order valence-electron chi connectivity index (χ0n) is 13.4. The number of hydrogen-bond acceptors (Lipinski definition) is 5. The van der Waals surface area contributed by atoms with Gasteiger partial charge in [0.25, 0.3) is 5.91 Å². The van der Waals surface area contributed by atoms with Crippen molar-refractivity contribution < 1.29 is 14.1 Å². The minimum Gasteiger partial charge on any atom is -0.304 e. The number of H-pyrrole nitrogens is 1. The Hall–Kier alpha value is -3.27. The molecule has 0 spiro atoms. The molecule has 3 aromatic rings. The fourth-order valence-electron chi connectivity index (χ4n) is 2.33. The maximum absolute atomic E-state index is 13.9. The molecular weight excluding hydrogens is 367 g/mol. The molecule has 0 fully saturated rings. The van der Waals surface area contributed by atoms with Crippen molar-refractivity contribution in [3.05, 3.63) is 68.4 Å². The fourth-order valence-corrected chi connectivity index (χ4v) is 2.55. The minimum atomic E-state index is -0.761. The summed E-state index contributed by atoms with van der Waals surface area (Å²) in [6.07, 6.45) is 0.943. The Balaban J connectivity index is 1.81. The van der Waals surface area contributed by atoms with E-state index < -0.39 is 22.3 Å². The zero-order chi connectivity index (χ0) is 18.8. The lowest BCUT2D eigenvalue weighted by molar-refractivity contribution is -0.385. The summed E-state index contributed by atoms with van der Waals surface area (Å²) in [5.41, 5.74) is 0.164. The van der Waals surface area contributed by atoms with Gasteiger partial charge < -0.3 is 5.32 Å². The van der Waals surface area contributed by atoms with Crippen LogP contribution in [0.3, 0.4) is 0 Å². The van der Waals surface area contributed by atoms with Crippen molar-refractivity contribution in [2.45, 2.75) is 13.5 Å². The number of amides is 1. The molecule has 3 rings (SSSR count). The molecule has 9 nitrogen and oxygen atoms in total. The van der Waals surface area contributed by atoms with Gasteiger partial charge in [0.2, 0.25) is 5.69 Å². The number of aromatic nitrogens is 4. The van der Waals surface area contributed by atoms with Gasteiger partial charge in [-0.15, -0.1) is 0 Å². The first-order valence-electron chi connectivity index (χ1n) is 7.33. The third-order valence-corrected chi connectivity index (χ3v) is 3.99. The summed E-state index contributed by atoms with van der Waals surface area (Å²) in [6.45, 7) is 1.79. The zero-order valence-corrected chi connectivity index (χ0v) is 14.1. The summed E-state index contributed by atoms with van der Waals surface area (Å²) in [7, 11) is 0. The molecular formula is C15H12ClFN6O3. The Morgan fingerprint density at radius 2 is 2.27 bits per heavy atom. The monoisotopic (exact) mass is 378 g/mol. The first kappa shape index (κ1) is 17.5. The summed E-state index contributed by atoms with van der Waals surface area (Å²) < 4.78 is 15.4. The molecule has 0 unspecified atom stereocenters. The third kappa shape index (κ3) is 3.40. The molecule has 0 aliphatic rings. The van der Waals surface area contributed by atoms with Crippen LogP contribution in [0.2, 0.25) is 5.02 Å². The van der Waals surface area contributed by atoms with Crippen LogP contribution in [0, 0.1) is 22.9 Å². The van der Waals surface area contributed by atoms with Gasteiger partial charge in [-0.05, 0) is 19.1 Å². The van der Waals surface area contributed by atoms with E-state index in [9.17, 15) is 19.3 Å². The lowest BCUT2D eigenvalue weighted by Crippen LogP contribution is -2.15. The van der Waals surface area contributed by atoms with Crippen LogP contribution in [-0.2, 0) is 6.54 Å². The molecule has 11 heteroatoms. The highest BCUT2D eigenvalue weighted by Crippen LogP contribution is 2.22. The number of hydrogen-bond donors (Lipinski definition) is 2. The highest BCUT2D eigenvalue weighted by atomic mass is 35.5. The van der Waals surface area contributed by atoms with Crippen LogP contribution in [0.4, 0.5) is 15.9 Å². The predicted molar refractivity (Wildman–Crippen MR) is 90.7 cm³/mol. The minimum absolute atomic E-state index is 0.0669. The maximum atomic E-state index is 13.9. The molecule has 2 aromatic heterocycles. The summed E-state index contributed by atoms with van der Waals surface area (Å²) in [5.74, 6) is -1.07. The second-order valence-corrected chi connectivity index (χ2v) is 5.78. The van der Waals surface area contributed by atoms with Crippen LogP contribution in [0.1, 0.15) is 21.7 Å². The second-order valence-electron chi connectivity index (χ2n) is 5.37. The Morgan fingerprint density at radius 1 is 1.50 bits per heavy atom. The van der Waals surface area contributed by atoms with Gasteiger partial charge in [-0.2, -0.15) is 10.2 Å². The smallest absolute Gasteiger partial charge is 0.304 e. The molecule has 0 saturated carbocycles. The summed E-state index contributed by atoms with van der Waals surface area (Å²) in [4.78, 5) is 22.3. The number of aryl methyl sites for hydroxylation is 1. The third-order valence-electron chi connectivity index (χ3n) is 3.64. The predicted octanol–water partition coefficient (Wildman–Crippen LogP) is 2.92. The average molecular weight is 379 g/mol. The number of nitrogens with zero attached hydrogens (tertiary/aromatic N) is 4. The van der Waals surface area contributed by atoms with Gasteiger partial charge in [-0.1, -0.05) is 17.7 Å². The molecule has 1 aromatic carbocycles. The Morgan fingerprint density at radius 3 is 2.96 bits per heavy atom. The molecule has 0 aliphatic heterocycles. The van der Waals surface area contributed by atoms with E-state index in [1.165, 1.54) is 16.8 Å². The highest BCUT2D eigenvalue weighted by molar-refractivity contribution is 6.31. The molecule has 1 amide bonds. The van der Waals surface area contributed by atoms with Gasteiger partial charge in [0.05, 0.1) is 11.5 Å². The molecule has 0 saturated heterocycles. The van der Waals surface area contributed by atoms with Gasteiger partial charge in [0.1, 0.15) is 12.0 Å². The molecule has 2 N–H and O–H groups in total. The molecule has 26 heavy (non-hydrogen) atoms.